The lowest BCUT2D eigenvalue weighted by atomic mass is 10.0. The van der Waals surface area contributed by atoms with Crippen LogP contribution in [0.3, 0.4) is 0 Å². The van der Waals surface area contributed by atoms with Crippen LogP contribution in [0.1, 0.15) is 16.7 Å². The molecule has 5 nitrogen and oxygen atoms in total. The zero-order valence-electron chi connectivity index (χ0n) is 14.7. The molecule has 1 amide bonds. The van der Waals surface area contributed by atoms with Crippen molar-refractivity contribution in [3.05, 3.63) is 94.8 Å². The van der Waals surface area contributed by atoms with Crippen LogP contribution in [-0.2, 0) is 4.79 Å². The number of hydrogen-bond acceptors (Lipinski definition) is 4. The average molecular weight is 380 g/mol. The second-order valence-corrected chi connectivity index (χ2v) is 6.23. The van der Waals surface area contributed by atoms with Crippen molar-refractivity contribution in [2.45, 2.75) is 6.92 Å². The highest BCUT2D eigenvalue weighted by Gasteiger charge is 2.09. The van der Waals surface area contributed by atoms with Crippen LogP contribution in [0.15, 0.2) is 78.2 Å². The van der Waals surface area contributed by atoms with E-state index in [1.807, 2.05) is 49.4 Å². The third-order valence-corrected chi connectivity index (χ3v) is 4.02. The molecule has 136 valence electrons. The summed E-state index contributed by atoms with van der Waals surface area (Å²) in [6, 6.07) is 18.5. The summed E-state index contributed by atoms with van der Waals surface area (Å²) in [5.74, 6) is 0.253. The molecule has 0 radical (unpaired) electrons. The number of carbonyl (C=O) groups is 1. The van der Waals surface area contributed by atoms with Crippen molar-refractivity contribution in [3.63, 3.8) is 0 Å². The summed E-state index contributed by atoms with van der Waals surface area (Å²) in [4.78, 5) is 16.2. The predicted octanol–water partition coefficient (Wildman–Crippen LogP) is 3.99. The number of hydrogen-bond donors (Lipinski definition) is 1. The fourth-order valence-corrected chi connectivity index (χ4v) is 2.70. The number of hydrazone groups is 1. The molecule has 0 fully saturated rings. The van der Waals surface area contributed by atoms with Crippen LogP contribution in [0.2, 0.25) is 5.02 Å². The fraction of sp³-hybridized carbons (Fsp3) is 0.0952. The Morgan fingerprint density at radius 2 is 1.78 bits per heavy atom. The van der Waals surface area contributed by atoms with Crippen LogP contribution in [0.5, 0.6) is 5.75 Å². The van der Waals surface area contributed by atoms with E-state index in [0.717, 1.165) is 16.7 Å². The minimum atomic E-state index is -0.355. The van der Waals surface area contributed by atoms with E-state index in [-0.39, 0.29) is 12.5 Å². The monoisotopic (exact) mass is 379 g/mol. The van der Waals surface area contributed by atoms with Crippen LogP contribution < -0.4 is 10.2 Å². The van der Waals surface area contributed by atoms with E-state index in [0.29, 0.717) is 16.5 Å². The molecule has 0 aliphatic rings. The van der Waals surface area contributed by atoms with Gasteiger partial charge in [-0.05, 0) is 42.8 Å². The zero-order valence-corrected chi connectivity index (χ0v) is 15.5. The number of carbonyl (C=O) groups excluding carboxylic acids is 1. The SMILES string of the molecule is Cc1cc(Cl)ccc1OCC(=O)N/N=C(\c1ccccc1)c1ccncc1. The molecule has 1 heterocycles. The first-order chi connectivity index (χ1) is 13.1. The number of ether oxygens (including phenoxy) is 1. The highest BCUT2D eigenvalue weighted by Crippen LogP contribution is 2.21. The highest BCUT2D eigenvalue weighted by molar-refractivity contribution is 6.30. The quantitative estimate of drug-likeness (QED) is 0.520. The van der Waals surface area contributed by atoms with E-state index < -0.39 is 0 Å². The molecule has 0 aliphatic heterocycles. The number of halogens is 1. The molecule has 0 atom stereocenters. The predicted molar refractivity (Wildman–Crippen MR) is 106 cm³/mol. The molecule has 0 unspecified atom stereocenters. The van der Waals surface area contributed by atoms with Gasteiger partial charge in [0.15, 0.2) is 6.61 Å². The van der Waals surface area contributed by atoms with Crippen molar-refractivity contribution in [1.82, 2.24) is 10.4 Å². The molecule has 0 saturated carbocycles. The maximum atomic E-state index is 12.2. The standard InChI is InChI=1S/C21H18ClN3O2/c1-15-13-18(22)7-8-19(15)27-14-20(26)24-25-21(16-5-3-2-4-6-16)17-9-11-23-12-10-17/h2-13H,14H2,1H3,(H,24,26)/b25-21+. The van der Waals surface area contributed by atoms with Gasteiger partial charge < -0.3 is 4.74 Å². The fourth-order valence-electron chi connectivity index (χ4n) is 2.47. The summed E-state index contributed by atoms with van der Waals surface area (Å²) in [6.07, 6.45) is 3.37. The van der Waals surface area contributed by atoms with Gasteiger partial charge in [-0.15, -0.1) is 0 Å². The molecule has 0 aliphatic carbocycles. The Morgan fingerprint density at radius 3 is 2.48 bits per heavy atom. The maximum Gasteiger partial charge on any atom is 0.277 e. The van der Waals surface area contributed by atoms with Crippen molar-refractivity contribution in [1.29, 1.82) is 0 Å². The maximum absolute atomic E-state index is 12.2. The second kappa shape index (κ2) is 8.96. The van der Waals surface area contributed by atoms with Crippen LogP contribution in [-0.4, -0.2) is 23.2 Å². The topological polar surface area (TPSA) is 63.6 Å². The van der Waals surface area contributed by atoms with Gasteiger partial charge in [-0.3, -0.25) is 9.78 Å². The Balaban J connectivity index is 1.71. The third kappa shape index (κ3) is 5.15. The van der Waals surface area contributed by atoms with Crippen LogP contribution in [0, 0.1) is 6.92 Å². The van der Waals surface area contributed by atoms with Gasteiger partial charge in [-0.25, -0.2) is 5.43 Å². The van der Waals surface area contributed by atoms with Crippen molar-refractivity contribution in [2.75, 3.05) is 6.61 Å². The number of rotatable bonds is 6. The van der Waals surface area contributed by atoms with Crippen molar-refractivity contribution in [3.8, 4) is 5.75 Å². The lowest BCUT2D eigenvalue weighted by molar-refractivity contribution is -0.123. The van der Waals surface area contributed by atoms with Gasteiger partial charge in [0.25, 0.3) is 5.91 Å². The highest BCUT2D eigenvalue weighted by atomic mass is 35.5. The lowest BCUT2D eigenvalue weighted by Gasteiger charge is -2.10. The summed E-state index contributed by atoms with van der Waals surface area (Å²) < 4.78 is 5.55. The van der Waals surface area contributed by atoms with Crippen molar-refractivity contribution < 1.29 is 9.53 Å². The Bertz CT molecular complexity index is 903. The van der Waals surface area contributed by atoms with Gasteiger partial charge in [0, 0.05) is 28.5 Å². The van der Waals surface area contributed by atoms with E-state index in [9.17, 15) is 4.79 Å². The summed E-state index contributed by atoms with van der Waals surface area (Å²) >= 11 is 5.92. The number of aromatic nitrogens is 1. The number of amides is 1. The third-order valence-electron chi connectivity index (χ3n) is 3.79. The molecule has 1 aromatic heterocycles. The number of benzene rings is 2. The minimum absolute atomic E-state index is 0.148. The first-order valence-corrected chi connectivity index (χ1v) is 8.72. The van der Waals surface area contributed by atoms with Crippen LogP contribution in [0.25, 0.3) is 0 Å². The summed E-state index contributed by atoms with van der Waals surface area (Å²) in [5, 5.41) is 4.93. The van der Waals surface area contributed by atoms with Gasteiger partial charge in [-0.2, -0.15) is 5.10 Å². The molecular weight excluding hydrogens is 362 g/mol. The molecule has 27 heavy (non-hydrogen) atoms. The molecule has 0 bridgehead atoms. The Labute approximate surface area is 162 Å². The first kappa shape index (κ1) is 18.6. The Hall–Kier alpha value is -3.18. The molecule has 0 saturated heterocycles. The molecule has 3 rings (SSSR count). The summed E-state index contributed by atoms with van der Waals surface area (Å²) in [6.45, 7) is 1.72. The van der Waals surface area contributed by atoms with Gasteiger partial charge in [0.2, 0.25) is 0 Å². The van der Waals surface area contributed by atoms with Gasteiger partial charge in [0.05, 0.1) is 5.71 Å². The second-order valence-electron chi connectivity index (χ2n) is 5.80. The van der Waals surface area contributed by atoms with Gasteiger partial charge in [0.1, 0.15) is 5.75 Å². The van der Waals surface area contributed by atoms with E-state index in [2.05, 4.69) is 15.5 Å². The first-order valence-electron chi connectivity index (χ1n) is 8.35. The van der Waals surface area contributed by atoms with E-state index >= 15 is 0 Å². The summed E-state index contributed by atoms with van der Waals surface area (Å²) in [7, 11) is 0. The normalized spacial score (nSPS) is 11.1. The smallest absolute Gasteiger partial charge is 0.277 e. The number of pyridine rings is 1. The molecule has 3 aromatic rings. The number of aryl methyl sites for hydroxylation is 1. The number of nitrogens with one attached hydrogen (secondary N) is 1. The molecule has 2 aromatic carbocycles. The molecule has 6 heteroatoms. The molecule has 1 N–H and O–H groups in total. The van der Waals surface area contributed by atoms with Crippen LogP contribution >= 0.6 is 11.6 Å². The van der Waals surface area contributed by atoms with E-state index in [1.165, 1.54) is 0 Å². The van der Waals surface area contributed by atoms with E-state index in [4.69, 9.17) is 16.3 Å². The van der Waals surface area contributed by atoms with Gasteiger partial charge in [-0.1, -0.05) is 41.9 Å². The Morgan fingerprint density at radius 1 is 1.07 bits per heavy atom. The molecular formula is C21H18ClN3O2. The van der Waals surface area contributed by atoms with Gasteiger partial charge >= 0.3 is 0 Å². The molecule has 0 spiro atoms. The summed E-state index contributed by atoms with van der Waals surface area (Å²) in [5.41, 5.74) is 5.81. The minimum Gasteiger partial charge on any atom is -0.483 e. The lowest BCUT2D eigenvalue weighted by Crippen LogP contribution is -2.26. The Kier molecular flexibility index (Phi) is 6.18. The van der Waals surface area contributed by atoms with E-state index in [1.54, 1.807) is 30.6 Å². The average Bonchev–Trinajstić information content (AvgIpc) is 2.69. The van der Waals surface area contributed by atoms with Crippen molar-refractivity contribution in [2.24, 2.45) is 5.10 Å². The zero-order chi connectivity index (χ0) is 19.1. The largest absolute Gasteiger partial charge is 0.483 e. The van der Waals surface area contributed by atoms with Crippen LogP contribution in [0.4, 0.5) is 0 Å². The van der Waals surface area contributed by atoms with Crippen molar-refractivity contribution >= 4 is 23.2 Å². The number of nitrogens with zero attached hydrogens (tertiary/aromatic N) is 2.